The van der Waals surface area contributed by atoms with E-state index in [2.05, 4.69) is 68.6 Å². The average molecular weight is 239 g/mol. The summed E-state index contributed by atoms with van der Waals surface area (Å²) in [6.07, 6.45) is 0. The maximum atomic E-state index is 3.41. The molecular formula is C17H21N. The standard InChI is InChI=1S/C17H21N/c1-4-18-12-15-7-5-6-8-16(15)17-11-13(2)9-10-14(17)3/h5-11,18H,4,12H2,1-3H3. The van der Waals surface area contributed by atoms with Crippen LogP contribution in [0.4, 0.5) is 0 Å². The van der Waals surface area contributed by atoms with E-state index in [4.69, 9.17) is 0 Å². The molecule has 0 bridgehead atoms. The molecule has 0 aliphatic rings. The van der Waals surface area contributed by atoms with E-state index in [9.17, 15) is 0 Å². The van der Waals surface area contributed by atoms with Crippen molar-refractivity contribution in [3.8, 4) is 11.1 Å². The van der Waals surface area contributed by atoms with Crippen molar-refractivity contribution in [2.75, 3.05) is 6.54 Å². The molecule has 2 rings (SSSR count). The van der Waals surface area contributed by atoms with Crippen molar-refractivity contribution >= 4 is 0 Å². The van der Waals surface area contributed by atoms with Crippen LogP contribution in [0, 0.1) is 13.8 Å². The Labute approximate surface area is 110 Å². The van der Waals surface area contributed by atoms with E-state index < -0.39 is 0 Å². The minimum Gasteiger partial charge on any atom is -0.313 e. The van der Waals surface area contributed by atoms with Crippen LogP contribution < -0.4 is 5.32 Å². The highest BCUT2D eigenvalue weighted by atomic mass is 14.8. The summed E-state index contributed by atoms with van der Waals surface area (Å²) in [5.41, 5.74) is 6.72. The fourth-order valence-corrected chi connectivity index (χ4v) is 2.22. The molecule has 0 radical (unpaired) electrons. The van der Waals surface area contributed by atoms with Gasteiger partial charge < -0.3 is 5.32 Å². The average Bonchev–Trinajstić information content (AvgIpc) is 2.39. The smallest absolute Gasteiger partial charge is 0.0211 e. The third-order valence-corrected chi connectivity index (χ3v) is 3.27. The fraction of sp³-hybridized carbons (Fsp3) is 0.294. The Morgan fingerprint density at radius 3 is 2.50 bits per heavy atom. The lowest BCUT2D eigenvalue weighted by Gasteiger charge is -2.13. The Kier molecular flexibility index (Phi) is 4.16. The topological polar surface area (TPSA) is 12.0 Å². The summed E-state index contributed by atoms with van der Waals surface area (Å²) in [6.45, 7) is 8.40. The molecule has 0 aliphatic heterocycles. The molecule has 0 spiro atoms. The molecule has 0 amide bonds. The van der Waals surface area contributed by atoms with E-state index in [1.165, 1.54) is 27.8 Å². The predicted molar refractivity (Wildman–Crippen MR) is 78.7 cm³/mol. The first kappa shape index (κ1) is 12.8. The van der Waals surface area contributed by atoms with Crippen molar-refractivity contribution in [1.82, 2.24) is 5.32 Å². The molecule has 0 fully saturated rings. The Morgan fingerprint density at radius 1 is 0.944 bits per heavy atom. The molecule has 0 aromatic heterocycles. The van der Waals surface area contributed by atoms with Crippen molar-refractivity contribution in [2.45, 2.75) is 27.3 Å². The van der Waals surface area contributed by atoms with Gasteiger partial charge in [0, 0.05) is 6.54 Å². The van der Waals surface area contributed by atoms with Crippen LogP contribution in [0.3, 0.4) is 0 Å². The predicted octanol–water partition coefficient (Wildman–Crippen LogP) is 4.08. The number of rotatable bonds is 4. The van der Waals surface area contributed by atoms with E-state index in [1.807, 2.05) is 0 Å². The van der Waals surface area contributed by atoms with Crippen LogP contribution in [0.15, 0.2) is 42.5 Å². The minimum absolute atomic E-state index is 0.931. The summed E-state index contributed by atoms with van der Waals surface area (Å²) in [5.74, 6) is 0. The van der Waals surface area contributed by atoms with Crippen molar-refractivity contribution in [2.24, 2.45) is 0 Å². The summed E-state index contributed by atoms with van der Waals surface area (Å²) < 4.78 is 0. The van der Waals surface area contributed by atoms with Crippen LogP contribution in [0.5, 0.6) is 0 Å². The Bertz CT molecular complexity index is 529. The molecule has 2 aromatic rings. The number of nitrogens with one attached hydrogen (secondary N) is 1. The zero-order valence-electron chi connectivity index (χ0n) is 11.5. The molecular weight excluding hydrogens is 218 g/mol. The van der Waals surface area contributed by atoms with Gasteiger partial charge in [0.05, 0.1) is 0 Å². The van der Waals surface area contributed by atoms with Gasteiger partial charge in [-0.2, -0.15) is 0 Å². The van der Waals surface area contributed by atoms with Gasteiger partial charge in [-0.15, -0.1) is 0 Å². The monoisotopic (exact) mass is 239 g/mol. The van der Waals surface area contributed by atoms with Crippen LogP contribution in [0.25, 0.3) is 11.1 Å². The highest BCUT2D eigenvalue weighted by Gasteiger charge is 2.06. The number of aryl methyl sites for hydroxylation is 2. The van der Waals surface area contributed by atoms with Crippen LogP contribution in [-0.2, 0) is 6.54 Å². The van der Waals surface area contributed by atoms with Gasteiger partial charge in [-0.05, 0) is 42.6 Å². The van der Waals surface area contributed by atoms with Gasteiger partial charge in [-0.25, -0.2) is 0 Å². The highest BCUT2D eigenvalue weighted by molar-refractivity contribution is 5.71. The highest BCUT2D eigenvalue weighted by Crippen LogP contribution is 2.27. The molecule has 0 heterocycles. The lowest BCUT2D eigenvalue weighted by molar-refractivity contribution is 0.728. The molecule has 0 saturated carbocycles. The zero-order chi connectivity index (χ0) is 13.0. The zero-order valence-corrected chi connectivity index (χ0v) is 11.5. The van der Waals surface area contributed by atoms with E-state index in [0.717, 1.165) is 13.1 Å². The molecule has 1 nitrogen and oxygen atoms in total. The molecule has 0 aliphatic carbocycles. The molecule has 0 atom stereocenters. The maximum absolute atomic E-state index is 3.41. The fourth-order valence-electron chi connectivity index (χ4n) is 2.22. The van der Waals surface area contributed by atoms with Crippen LogP contribution in [-0.4, -0.2) is 6.54 Å². The van der Waals surface area contributed by atoms with Gasteiger partial charge in [-0.1, -0.05) is 55.0 Å². The van der Waals surface area contributed by atoms with Crippen LogP contribution >= 0.6 is 0 Å². The lowest BCUT2D eigenvalue weighted by atomic mass is 9.94. The quantitative estimate of drug-likeness (QED) is 0.847. The molecule has 2 aromatic carbocycles. The maximum Gasteiger partial charge on any atom is 0.0211 e. The minimum atomic E-state index is 0.931. The largest absolute Gasteiger partial charge is 0.313 e. The first-order chi connectivity index (χ1) is 8.72. The second kappa shape index (κ2) is 5.83. The van der Waals surface area contributed by atoms with Crippen LogP contribution in [0.2, 0.25) is 0 Å². The summed E-state index contributed by atoms with van der Waals surface area (Å²) in [4.78, 5) is 0. The number of benzene rings is 2. The normalized spacial score (nSPS) is 10.6. The molecule has 18 heavy (non-hydrogen) atoms. The Morgan fingerprint density at radius 2 is 1.72 bits per heavy atom. The van der Waals surface area contributed by atoms with Crippen molar-refractivity contribution < 1.29 is 0 Å². The van der Waals surface area contributed by atoms with Crippen molar-refractivity contribution in [3.63, 3.8) is 0 Å². The number of hydrogen-bond acceptors (Lipinski definition) is 1. The second-order valence-corrected chi connectivity index (χ2v) is 4.76. The van der Waals surface area contributed by atoms with Crippen molar-refractivity contribution in [1.29, 1.82) is 0 Å². The van der Waals surface area contributed by atoms with E-state index in [1.54, 1.807) is 0 Å². The van der Waals surface area contributed by atoms with Gasteiger partial charge >= 0.3 is 0 Å². The van der Waals surface area contributed by atoms with Gasteiger partial charge in [0.1, 0.15) is 0 Å². The van der Waals surface area contributed by atoms with Crippen LogP contribution in [0.1, 0.15) is 23.6 Å². The molecule has 0 unspecified atom stereocenters. The third kappa shape index (κ3) is 2.80. The molecule has 0 saturated heterocycles. The first-order valence-corrected chi connectivity index (χ1v) is 6.58. The second-order valence-electron chi connectivity index (χ2n) is 4.76. The SMILES string of the molecule is CCNCc1ccccc1-c1cc(C)ccc1C. The molecule has 1 N–H and O–H groups in total. The first-order valence-electron chi connectivity index (χ1n) is 6.58. The van der Waals surface area contributed by atoms with Gasteiger partial charge in [0.2, 0.25) is 0 Å². The summed E-state index contributed by atoms with van der Waals surface area (Å²) in [7, 11) is 0. The van der Waals surface area contributed by atoms with Gasteiger partial charge in [-0.3, -0.25) is 0 Å². The lowest BCUT2D eigenvalue weighted by Crippen LogP contribution is -2.12. The van der Waals surface area contributed by atoms with E-state index in [0.29, 0.717) is 0 Å². The Hall–Kier alpha value is -1.60. The number of hydrogen-bond donors (Lipinski definition) is 1. The summed E-state index contributed by atoms with van der Waals surface area (Å²) in [6, 6.07) is 15.3. The van der Waals surface area contributed by atoms with E-state index >= 15 is 0 Å². The summed E-state index contributed by atoms with van der Waals surface area (Å²) in [5, 5.41) is 3.41. The van der Waals surface area contributed by atoms with Gasteiger partial charge in [0.25, 0.3) is 0 Å². The molecule has 94 valence electrons. The Balaban J connectivity index is 2.46. The third-order valence-electron chi connectivity index (χ3n) is 3.27. The van der Waals surface area contributed by atoms with Gasteiger partial charge in [0.15, 0.2) is 0 Å². The molecule has 1 heteroatoms. The van der Waals surface area contributed by atoms with E-state index in [-0.39, 0.29) is 0 Å². The summed E-state index contributed by atoms with van der Waals surface area (Å²) >= 11 is 0. The van der Waals surface area contributed by atoms with Crippen molar-refractivity contribution in [3.05, 3.63) is 59.2 Å².